The number of nitrogens with one attached hydrogen (secondary N) is 1. The summed E-state index contributed by atoms with van der Waals surface area (Å²) in [4.78, 5) is 11.7. The highest BCUT2D eigenvalue weighted by atomic mass is 79.9. The van der Waals surface area contributed by atoms with Gasteiger partial charge in [0.05, 0.1) is 22.2 Å². The van der Waals surface area contributed by atoms with Crippen molar-refractivity contribution < 1.29 is 27.1 Å². The molecule has 118 valence electrons. The van der Waals surface area contributed by atoms with E-state index in [1.54, 1.807) is 0 Å². The van der Waals surface area contributed by atoms with E-state index in [-0.39, 0.29) is 11.1 Å². The smallest absolute Gasteiger partial charge is 0.417 e. The summed E-state index contributed by atoms with van der Waals surface area (Å²) in [6.45, 7) is 1.50. The molecule has 1 aromatic heterocycles. The highest BCUT2D eigenvalue weighted by molar-refractivity contribution is 9.10. The van der Waals surface area contributed by atoms with Gasteiger partial charge in [-0.3, -0.25) is 0 Å². The molecule has 2 aromatic rings. The Hall–Kier alpha value is -1.97. The Bertz CT molecular complexity index is 715. The lowest BCUT2D eigenvalue weighted by Crippen LogP contribution is -2.12. The van der Waals surface area contributed by atoms with Gasteiger partial charge in [-0.1, -0.05) is 0 Å². The van der Waals surface area contributed by atoms with Crippen molar-refractivity contribution in [3.63, 3.8) is 0 Å². The number of aromatic nitrogens is 3. The van der Waals surface area contributed by atoms with E-state index in [2.05, 4.69) is 30.9 Å². The van der Waals surface area contributed by atoms with Crippen molar-refractivity contribution in [3.8, 4) is 11.3 Å². The van der Waals surface area contributed by atoms with Gasteiger partial charge in [-0.2, -0.15) is 23.5 Å². The molecule has 0 aliphatic heterocycles. The number of ether oxygens (including phenoxy) is 1. The first kappa shape index (κ1) is 16.4. The van der Waals surface area contributed by atoms with Crippen LogP contribution < -0.4 is 0 Å². The molecule has 0 aliphatic rings. The fraction of sp³-hybridized carbons (Fsp3) is 0.250. The van der Waals surface area contributed by atoms with E-state index < -0.39 is 40.5 Å². The molecule has 22 heavy (non-hydrogen) atoms. The number of nitrogens with zero attached hydrogens (tertiary/aromatic N) is 2. The molecule has 0 radical (unpaired) electrons. The van der Waals surface area contributed by atoms with E-state index in [1.165, 1.54) is 6.92 Å². The first-order valence-corrected chi connectivity index (χ1v) is 6.70. The number of carbonyl (C=O) groups is 1. The fourth-order valence-electron chi connectivity index (χ4n) is 1.77. The van der Waals surface area contributed by atoms with E-state index in [4.69, 9.17) is 0 Å². The second-order valence-electron chi connectivity index (χ2n) is 4.02. The van der Waals surface area contributed by atoms with E-state index in [0.29, 0.717) is 6.07 Å². The van der Waals surface area contributed by atoms with Gasteiger partial charge < -0.3 is 4.74 Å². The minimum Gasteiger partial charge on any atom is -0.461 e. The van der Waals surface area contributed by atoms with Crippen LogP contribution in [0.3, 0.4) is 0 Å². The van der Waals surface area contributed by atoms with Crippen LogP contribution in [-0.4, -0.2) is 28.0 Å². The number of esters is 1. The molecular weight excluding hydrogens is 374 g/mol. The molecule has 1 aromatic carbocycles. The van der Waals surface area contributed by atoms with Gasteiger partial charge in [-0.05, 0) is 35.0 Å². The Kier molecular flexibility index (Phi) is 4.50. The zero-order valence-corrected chi connectivity index (χ0v) is 12.5. The maximum atomic E-state index is 14.2. The summed E-state index contributed by atoms with van der Waals surface area (Å²) in [6.07, 6.45) is -4.83. The van der Waals surface area contributed by atoms with Gasteiger partial charge >= 0.3 is 12.1 Å². The molecule has 1 N–H and O–H groups in total. The van der Waals surface area contributed by atoms with Gasteiger partial charge in [0, 0.05) is 0 Å². The van der Waals surface area contributed by atoms with Crippen LogP contribution in [0.4, 0.5) is 17.6 Å². The minimum atomic E-state index is -4.83. The highest BCUT2D eigenvalue weighted by Crippen LogP contribution is 2.40. The lowest BCUT2D eigenvalue weighted by atomic mass is 10.0. The fourth-order valence-corrected chi connectivity index (χ4v) is 2.10. The van der Waals surface area contributed by atoms with Crippen LogP contribution in [0.15, 0.2) is 16.6 Å². The van der Waals surface area contributed by atoms with Crippen LogP contribution in [0.25, 0.3) is 11.3 Å². The van der Waals surface area contributed by atoms with Gasteiger partial charge in [0.2, 0.25) is 0 Å². The van der Waals surface area contributed by atoms with Crippen LogP contribution in [0.2, 0.25) is 0 Å². The largest absolute Gasteiger partial charge is 0.461 e. The second kappa shape index (κ2) is 6.03. The van der Waals surface area contributed by atoms with E-state index in [9.17, 15) is 22.4 Å². The zero-order valence-electron chi connectivity index (χ0n) is 11.0. The number of alkyl halides is 3. The number of halogens is 5. The number of hydrogen-bond acceptors (Lipinski definition) is 4. The third-order valence-electron chi connectivity index (χ3n) is 2.65. The molecule has 0 bridgehead atoms. The molecule has 2 rings (SSSR count). The third-order valence-corrected chi connectivity index (χ3v) is 3.27. The molecular formula is C12H8BrF4N3O2. The van der Waals surface area contributed by atoms with Crippen molar-refractivity contribution in [1.82, 2.24) is 15.4 Å². The predicted molar refractivity (Wildman–Crippen MR) is 70.4 cm³/mol. The number of aromatic amines is 1. The Morgan fingerprint density at radius 3 is 2.64 bits per heavy atom. The van der Waals surface area contributed by atoms with Crippen LogP contribution in [0.5, 0.6) is 0 Å². The summed E-state index contributed by atoms with van der Waals surface area (Å²) < 4.78 is 57.9. The molecule has 0 spiro atoms. The molecule has 0 aliphatic carbocycles. The van der Waals surface area contributed by atoms with Crippen molar-refractivity contribution in [2.24, 2.45) is 0 Å². The number of benzene rings is 1. The average molecular weight is 382 g/mol. The summed E-state index contributed by atoms with van der Waals surface area (Å²) in [6, 6.07) is 1.61. The summed E-state index contributed by atoms with van der Waals surface area (Å²) in [5.74, 6) is -2.20. The van der Waals surface area contributed by atoms with Gasteiger partial charge in [0.1, 0.15) is 11.5 Å². The monoisotopic (exact) mass is 381 g/mol. The predicted octanol–water partition coefficient (Wildman–Crippen LogP) is 3.57. The lowest BCUT2D eigenvalue weighted by Gasteiger charge is -2.13. The van der Waals surface area contributed by atoms with Gasteiger partial charge in [-0.25, -0.2) is 9.18 Å². The Labute approximate surface area is 129 Å². The Balaban J connectivity index is 2.70. The summed E-state index contributed by atoms with van der Waals surface area (Å²) in [5, 5.41) is 8.92. The van der Waals surface area contributed by atoms with Crippen molar-refractivity contribution in [3.05, 3.63) is 33.7 Å². The Morgan fingerprint density at radius 2 is 2.05 bits per heavy atom. The Morgan fingerprint density at radius 1 is 1.36 bits per heavy atom. The van der Waals surface area contributed by atoms with Gasteiger partial charge in [-0.15, -0.1) is 5.10 Å². The van der Waals surface area contributed by atoms with Crippen molar-refractivity contribution in [1.29, 1.82) is 0 Å². The lowest BCUT2D eigenvalue weighted by molar-refractivity contribution is -0.137. The standard InChI is InChI=1S/C12H8BrF4N3O2/c1-2-22-11(21)10-9(18-20-19-10)7-5(12(15,16)17)3-4-6(13)8(7)14/h3-4H,2H2,1H3,(H,18,19,20). The maximum absolute atomic E-state index is 14.2. The van der Waals surface area contributed by atoms with E-state index in [0.717, 1.165) is 6.07 Å². The molecule has 1 heterocycles. The average Bonchev–Trinajstić information content (AvgIpc) is 2.89. The number of carbonyl (C=O) groups excluding carboxylic acids is 1. The zero-order chi connectivity index (χ0) is 16.5. The topological polar surface area (TPSA) is 67.9 Å². The molecule has 0 atom stereocenters. The summed E-state index contributed by atoms with van der Waals surface area (Å²) in [5.41, 5.74) is -3.24. The number of rotatable bonds is 3. The van der Waals surface area contributed by atoms with Crippen LogP contribution in [0, 0.1) is 5.82 Å². The van der Waals surface area contributed by atoms with Crippen LogP contribution in [-0.2, 0) is 10.9 Å². The molecule has 0 fully saturated rings. The minimum absolute atomic E-state index is 0.0156. The van der Waals surface area contributed by atoms with Crippen molar-refractivity contribution in [2.45, 2.75) is 13.1 Å². The molecule has 5 nitrogen and oxygen atoms in total. The SMILES string of the molecule is CCOC(=O)c1n[nH]nc1-c1c(C(F)(F)F)ccc(Br)c1F. The molecule has 0 saturated carbocycles. The highest BCUT2D eigenvalue weighted by Gasteiger charge is 2.38. The third kappa shape index (κ3) is 2.96. The molecule has 10 heteroatoms. The van der Waals surface area contributed by atoms with Gasteiger partial charge in [0.15, 0.2) is 5.69 Å². The molecule has 0 unspecified atom stereocenters. The number of hydrogen-bond donors (Lipinski definition) is 1. The quantitative estimate of drug-likeness (QED) is 0.651. The molecule has 0 saturated heterocycles. The van der Waals surface area contributed by atoms with Crippen molar-refractivity contribution in [2.75, 3.05) is 6.61 Å². The van der Waals surface area contributed by atoms with Crippen molar-refractivity contribution >= 4 is 21.9 Å². The van der Waals surface area contributed by atoms with E-state index in [1.807, 2.05) is 5.21 Å². The first-order chi connectivity index (χ1) is 10.3. The normalized spacial score (nSPS) is 11.5. The van der Waals surface area contributed by atoms with E-state index >= 15 is 0 Å². The molecule has 0 amide bonds. The van der Waals surface area contributed by atoms with Gasteiger partial charge in [0.25, 0.3) is 0 Å². The maximum Gasteiger partial charge on any atom is 0.417 e. The van der Waals surface area contributed by atoms with Crippen LogP contribution in [0.1, 0.15) is 23.0 Å². The summed E-state index contributed by atoms with van der Waals surface area (Å²) in [7, 11) is 0. The number of H-pyrrole nitrogens is 1. The second-order valence-corrected chi connectivity index (χ2v) is 4.88. The van der Waals surface area contributed by atoms with Crippen LogP contribution >= 0.6 is 15.9 Å². The first-order valence-electron chi connectivity index (χ1n) is 5.90. The summed E-state index contributed by atoms with van der Waals surface area (Å²) >= 11 is 2.81.